The molecule has 1 unspecified atom stereocenters. The second kappa shape index (κ2) is 7.95. The molecule has 1 atom stereocenters. The number of nitrogens with zero attached hydrogens (tertiary/aromatic N) is 3. The van der Waals surface area contributed by atoms with Gasteiger partial charge < -0.3 is 11.5 Å². The van der Waals surface area contributed by atoms with Crippen molar-refractivity contribution >= 4 is 67.3 Å². The highest BCUT2D eigenvalue weighted by atomic mass is 79.9. The Balaban J connectivity index is 0.00000208. The van der Waals surface area contributed by atoms with Crippen LogP contribution in [0.2, 0.25) is 0 Å². The minimum Gasteiger partial charge on any atom is -0.369 e. The van der Waals surface area contributed by atoms with Crippen LogP contribution in [-0.2, 0) is 6.42 Å². The number of aromatic nitrogens is 1. The molecule has 2 aromatic heterocycles. The number of halogens is 3. The molecule has 9 heteroatoms. The fourth-order valence-electron chi connectivity index (χ4n) is 2.86. The third-order valence-electron chi connectivity index (χ3n) is 3.81. The summed E-state index contributed by atoms with van der Waals surface area (Å²) in [5, 5.41) is 8.15. The topological polar surface area (TPSA) is 89.6 Å². The quantitative estimate of drug-likeness (QED) is 0.375. The zero-order valence-electron chi connectivity index (χ0n) is 12.8. The first kappa shape index (κ1) is 19.4. The largest absolute Gasteiger partial charge is 0.369 e. The molecule has 0 radical (unpaired) electrons. The van der Waals surface area contributed by atoms with Crippen molar-refractivity contribution in [3.8, 4) is 0 Å². The minimum atomic E-state index is -0.0397. The van der Waals surface area contributed by atoms with E-state index in [1.54, 1.807) is 11.3 Å². The molecular weight excluding hydrogens is 478 g/mol. The summed E-state index contributed by atoms with van der Waals surface area (Å²) in [7, 11) is 0. The molecule has 1 aliphatic rings. The monoisotopic (exact) mass is 491 g/mol. The number of rotatable bonds is 2. The van der Waals surface area contributed by atoms with Crippen molar-refractivity contribution in [2.45, 2.75) is 25.7 Å². The fourth-order valence-corrected chi connectivity index (χ4v) is 5.91. The van der Waals surface area contributed by atoms with Gasteiger partial charge in [0.15, 0.2) is 0 Å². The lowest BCUT2D eigenvalue weighted by atomic mass is 9.81. The van der Waals surface area contributed by atoms with Crippen LogP contribution in [0, 0.1) is 6.92 Å². The first-order valence-electron chi connectivity index (χ1n) is 7.00. The predicted molar refractivity (Wildman–Crippen MR) is 109 cm³/mol. The average molecular weight is 494 g/mol. The second-order valence-electron chi connectivity index (χ2n) is 5.41. The van der Waals surface area contributed by atoms with Crippen LogP contribution >= 0.6 is 55.6 Å². The van der Waals surface area contributed by atoms with Crippen LogP contribution in [0.15, 0.2) is 36.1 Å². The highest BCUT2D eigenvalue weighted by Gasteiger charge is 2.29. The molecule has 0 saturated carbocycles. The molecule has 2 heterocycles. The van der Waals surface area contributed by atoms with Crippen LogP contribution in [0.5, 0.6) is 0 Å². The average Bonchev–Trinajstić information content (AvgIpc) is 2.83. The van der Waals surface area contributed by atoms with Gasteiger partial charge in [0.05, 0.1) is 19.0 Å². The maximum atomic E-state index is 5.43. The number of hydrogen-bond donors (Lipinski definition) is 2. The van der Waals surface area contributed by atoms with Gasteiger partial charge in [-0.05, 0) is 80.8 Å². The molecule has 2 aromatic rings. The highest BCUT2D eigenvalue weighted by Crippen LogP contribution is 2.41. The van der Waals surface area contributed by atoms with E-state index < -0.39 is 0 Å². The van der Waals surface area contributed by atoms with Gasteiger partial charge in [0.25, 0.3) is 0 Å². The third-order valence-corrected chi connectivity index (χ3v) is 6.20. The molecule has 1 aliphatic carbocycles. The first-order valence-corrected chi connectivity index (χ1v) is 9.41. The summed E-state index contributed by atoms with van der Waals surface area (Å²) in [4.78, 5) is 4.55. The van der Waals surface area contributed by atoms with E-state index in [0.29, 0.717) is 5.92 Å². The number of pyridine rings is 1. The first-order chi connectivity index (χ1) is 11.0. The van der Waals surface area contributed by atoms with Gasteiger partial charge in [-0.2, -0.15) is 5.10 Å². The van der Waals surface area contributed by atoms with E-state index >= 15 is 0 Å². The lowest BCUT2D eigenvalue weighted by Crippen LogP contribution is -2.24. The van der Waals surface area contributed by atoms with E-state index in [2.05, 4.69) is 60.0 Å². The Labute approximate surface area is 167 Å². The smallest absolute Gasteiger partial charge is 0.211 e. The van der Waals surface area contributed by atoms with E-state index in [0.717, 1.165) is 42.9 Å². The van der Waals surface area contributed by atoms with Crippen molar-refractivity contribution in [2.75, 3.05) is 0 Å². The van der Waals surface area contributed by atoms with Gasteiger partial charge in [-0.15, -0.1) is 28.8 Å². The standard InChI is InChI=1S/C15H15Br2N5S.ClH/c1-7-2-3-20-10-4-8(9-6-12(16)23-14(9)17)5-11(13(7)10)21-22-15(18)19;/h2-3,6,8H,4-5H2,1H3,(H4,18,19,22);1H/b21-11-;. The Morgan fingerprint density at radius 3 is 2.71 bits per heavy atom. The van der Waals surface area contributed by atoms with Crippen molar-refractivity contribution < 1.29 is 0 Å². The zero-order chi connectivity index (χ0) is 16.6. The maximum Gasteiger partial charge on any atom is 0.211 e. The Bertz CT molecular complexity index is 814. The molecule has 4 N–H and O–H groups in total. The number of hydrogen-bond acceptors (Lipinski definition) is 4. The van der Waals surface area contributed by atoms with E-state index in [1.165, 1.54) is 5.56 Å². The minimum absolute atomic E-state index is 0. The molecule has 5 nitrogen and oxygen atoms in total. The van der Waals surface area contributed by atoms with Gasteiger partial charge in [0, 0.05) is 11.8 Å². The lowest BCUT2D eigenvalue weighted by molar-refractivity contribution is 0.677. The van der Waals surface area contributed by atoms with Crippen molar-refractivity contribution in [3.05, 3.63) is 48.3 Å². The van der Waals surface area contributed by atoms with Crippen molar-refractivity contribution in [2.24, 2.45) is 21.7 Å². The van der Waals surface area contributed by atoms with Gasteiger partial charge in [-0.25, -0.2) is 0 Å². The Morgan fingerprint density at radius 2 is 2.08 bits per heavy atom. The molecule has 3 rings (SSSR count). The molecule has 0 aliphatic heterocycles. The SMILES string of the molecule is Cc1ccnc2c1/C(=N\N=C(N)N)CC(c1cc(Br)sc1Br)C2.Cl. The summed E-state index contributed by atoms with van der Waals surface area (Å²) in [6.07, 6.45) is 3.49. The molecule has 24 heavy (non-hydrogen) atoms. The van der Waals surface area contributed by atoms with Crippen LogP contribution in [0.1, 0.15) is 34.7 Å². The maximum absolute atomic E-state index is 5.43. The van der Waals surface area contributed by atoms with Crippen molar-refractivity contribution in [1.82, 2.24) is 4.98 Å². The molecule has 0 spiro atoms. The summed E-state index contributed by atoms with van der Waals surface area (Å²) >= 11 is 8.87. The number of aryl methyl sites for hydroxylation is 1. The Hall–Kier alpha value is -0.960. The van der Waals surface area contributed by atoms with Crippen LogP contribution in [0.4, 0.5) is 0 Å². The normalized spacial score (nSPS) is 18.0. The summed E-state index contributed by atoms with van der Waals surface area (Å²) < 4.78 is 2.23. The van der Waals surface area contributed by atoms with Gasteiger partial charge in [-0.1, -0.05) is 0 Å². The van der Waals surface area contributed by atoms with E-state index in [9.17, 15) is 0 Å². The molecule has 128 valence electrons. The summed E-state index contributed by atoms with van der Waals surface area (Å²) in [5.74, 6) is 0.254. The summed E-state index contributed by atoms with van der Waals surface area (Å²) in [5.41, 5.74) is 16.3. The molecule has 0 bridgehead atoms. The Kier molecular flexibility index (Phi) is 6.41. The van der Waals surface area contributed by atoms with Crippen molar-refractivity contribution in [1.29, 1.82) is 0 Å². The van der Waals surface area contributed by atoms with Crippen LogP contribution in [0.25, 0.3) is 0 Å². The number of guanidine groups is 1. The number of thiophene rings is 1. The molecule has 0 fully saturated rings. The summed E-state index contributed by atoms with van der Waals surface area (Å²) in [6, 6.07) is 4.14. The fraction of sp³-hybridized carbons (Fsp3) is 0.267. The van der Waals surface area contributed by atoms with Crippen LogP contribution in [-0.4, -0.2) is 16.7 Å². The van der Waals surface area contributed by atoms with E-state index in [4.69, 9.17) is 11.5 Å². The predicted octanol–water partition coefficient (Wildman–Crippen LogP) is 4.11. The molecule has 0 amide bonds. The molecular formula is C15H16Br2ClN5S. The van der Waals surface area contributed by atoms with Gasteiger partial charge in [-0.3, -0.25) is 4.98 Å². The van der Waals surface area contributed by atoms with E-state index in [1.807, 2.05) is 12.3 Å². The number of fused-ring (bicyclic) bond motifs is 1. The lowest BCUT2D eigenvalue weighted by Gasteiger charge is -2.26. The molecule has 0 aromatic carbocycles. The van der Waals surface area contributed by atoms with Gasteiger partial charge >= 0.3 is 0 Å². The zero-order valence-corrected chi connectivity index (χ0v) is 17.6. The third kappa shape index (κ3) is 3.99. The highest BCUT2D eigenvalue weighted by molar-refractivity contribution is 9.12. The van der Waals surface area contributed by atoms with E-state index in [-0.39, 0.29) is 18.4 Å². The van der Waals surface area contributed by atoms with Crippen molar-refractivity contribution in [3.63, 3.8) is 0 Å². The molecule has 0 saturated heterocycles. The Morgan fingerprint density at radius 1 is 1.33 bits per heavy atom. The second-order valence-corrected chi connectivity index (χ2v) is 9.16. The van der Waals surface area contributed by atoms with Gasteiger partial charge in [0.2, 0.25) is 5.96 Å². The van der Waals surface area contributed by atoms with Crippen LogP contribution < -0.4 is 11.5 Å². The van der Waals surface area contributed by atoms with Crippen LogP contribution in [0.3, 0.4) is 0 Å². The number of nitrogens with two attached hydrogens (primary N) is 2. The summed E-state index contributed by atoms with van der Waals surface area (Å²) in [6.45, 7) is 2.06. The van der Waals surface area contributed by atoms with Gasteiger partial charge in [0.1, 0.15) is 0 Å².